The maximum absolute atomic E-state index is 11.9. The molecule has 5 heteroatoms. The number of benzene rings is 1. The number of hydrogen-bond acceptors (Lipinski definition) is 3. The summed E-state index contributed by atoms with van der Waals surface area (Å²) in [6, 6.07) is 13.3. The van der Waals surface area contributed by atoms with Gasteiger partial charge in [-0.3, -0.25) is 4.98 Å². The van der Waals surface area contributed by atoms with E-state index >= 15 is 0 Å². The third kappa shape index (κ3) is 5.09. The van der Waals surface area contributed by atoms with Gasteiger partial charge < -0.3 is 15.0 Å². The van der Waals surface area contributed by atoms with Crippen molar-refractivity contribution in [2.45, 2.75) is 13.5 Å². The van der Waals surface area contributed by atoms with Crippen LogP contribution in [-0.2, 0) is 6.54 Å². The fourth-order valence-corrected chi connectivity index (χ4v) is 1.90. The van der Waals surface area contributed by atoms with Crippen molar-refractivity contribution >= 4 is 6.03 Å². The number of rotatable bonds is 6. The summed E-state index contributed by atoms with van der Waals surface area (Å²) in [5.41, 5.74) is 2.05. The standard InChI is InChI=1S/C17H21N3O2/c1-14-6-8-16(9-7-14)22-12-11-19-17(21)20(2)13-15-5-3-4-10-18-15/h3-10H,11-13H2,1-2H3,(H,19,21). The molecule has 0 aliphatic carbocycles. The number of amides is 2. The van der Waals surface area contributed by atoms with Gasteiger partial charge in [-0.2, -0.15) is 0 Å². The van der Waals surface area contributed by atoms with E-state index in [0.717, 1.165) is 11.4 Å². The average Bonchev–Trinajstić information content (AvgIpc) is 2.54. The van der Waals surface area contributed by atoms with Gasteiger partial charge in [0.2, 0.25) is 0 Å². The van der Waals surface area contributed by atoms with Crippen molar-refractivity contribution in [1.82, 2.24) is 15.2 Å². The van der Waals surface area contributed by atoms with E-state index in [1.807, 2.05) is 49.4 Å². The van der Waals surface area contributed by atoms with Crippen molar-refractivity contribution in [3.8, 4) is 5.75 Å². The summed E-state index contributed by atoms with van der Waals surface area (Å²) in [6.07, 6.45) is 1.72. The molecule has 0 saturated heterocycles. The Bertz CT molecular complexity index is 585. The van der Waals surface area contributed by atoms with E-state index in [0.29, 0.717) is 19.7 Å². The number of ether oxygens (including phenoxy) is 1. The van der Waals surface area contributed by atoms with Crippen molar-refractivity contribution in [2.75, 3.05) is 20.2 Å². The largest absolute Gasteiger partial charge is 0.492 e. The second kappa shape index (κ2) is 8.02. The number of carbonyl (C=O) groups excluding carboxylic acids is 1. The zero-order valence-electron chi connectivity index (χ0n) is 13.0. The average molecular weight is 299 g/mol. The molecule has 0 saturated carbocycles. The number of nitrogens with one attached hydrogen (secondary N) is 1. The van der Waals surface area contributed by atoms with Crippen LogP contribution in [0.2, 0.25) is 0 Å². The van der Waals surface area contributed by atoms with Crippen LogP contribution in [-0.4, -0.2) is 36.1 Å². The van der Waals surface area contributed by atoms with Gasteiger partial charge in [-0.25, -0.2) is 4.79 Å². The Morgan fingerprint density at radius 3 is 2.68 bits per heavy atom. The van der Waals surface area contributed by atoms with Crippen LogP contribution < -0.4 is 10.1 Å². The highest BCUT2D eigenvalue weighted by atomic mass is 16.5. The molecule has 1 aromatic heterocycles. The molecule has 0 atom stereocenters. The van der Waals surface area contributed by atoms with Gasteiger partial charge in [-0.15, -0.1) is 0 Å². The Morgan fingerprint density at radius 2 is 2.00 bits per heavy atom. The molecule has 116 valence electrons. The molecule has 0 aliphatic heterocycles. The highest BCUT2D eigenvalue weighted by Gasteiger charge is 2.08. The number of nitrogens with zero attached hydrogens (tertiary/aromatic N) is 2. The lowest BCUT2D eigenvalue weighted by molar-refractivity contribution is 0.203. The first-order valence-electron chi connectivity index (χ1n) is 7.23. The summed E-state index contributed by atoms with van der Waals surface area (Å²) < 4.78 is 5.56. The number of carbonyl (C=O) groups is 1. The topological polar surface area (TPSA) is 54.5 Å². The van der Waals surface area contributed by atoms with Gasteiger partial charge in [0.05, 0.1) is 18.8 Å². The molecule has 2 aromatic rings. The Kier molecular flexibility index (Phi) is 5.77. The second-order valence-electron chi connectivity index (χ2n) is 5.07. The molecule has 0 bridgehead atoms. The van der Waals surface area contributed by atoms with E-state index in [-0.39, 0.29) is 6.03 Å². The third-order valence-corrected chi connectivity index (χ3v) is 3.14. The summed E-state index contributed by atoms with van der Waals surface area (Å²) in [5.74, 6) is 0.807. The molecule has 1 N–H and O–H groups in total. The highest BCUT2D eigenvalue weighted by molar-refractivity contribution is 5.73. The number of pyridine rings is 1. The molecule has 0 fully saturated rings. The number of hydrogen-bond donors (Lipinski definition) is 1. The van der Waals surface area contributed by atoms with E-state index in [2.05, 4.69) is 10.3 Å². The summed E-state index contributed by atoms with van der Waals surface area (Å²) in [7, 11) is 1.74. The van der Waals surface area contributed by atoms with Crippen molar-refractivity contribution in [1.29, 1.82) is 0 Å². The normalized spacial score (nSPS) is 10.1. The van der Waals surface area contributed by atoms with Crippen LogP contribution in [0.15, 0.2) is 48.7 Å². The molecule has 0 unspecified atom stereocenters. The van der Waals surface area contributed by atoms with Crippen LogP contribution >= 0.6 is 0 Å². The highest BCUT2D eigenvalue weighted by Crippen LogP contribution is 2.10. The molecule has 5 nitrogen and oxygen atoms in total. The van der Waals surface area contributed by atoms with Gasteiger partial charge in [0, 0.05) is 13.2 Å². The minimum absolute atomic E-state index is 0.141. The molecule has 1 aromatic carbocycles. The Morgan fingerprint density at radius 1 is 1.23 bits per heavy atom. The van der Waals surface area contributed by atoms with Crippen LogP contribution in [0.1, 0.15) is 11.3 Å². The zero-order valence-corrected chi connectivity index (χ0v) is 13.0. The van der Waals surface area contributed by atoms with Crippen molar-refractivity contribution in [2.24, 2.45) is 0 Å². The third-order valence-electron chi connectivity index (χ3n) is 3.14. The maximum Gasteiger partial charge on any atom is 0.317 e. The van der Waals surface area contributed by atoms with Gasteiger partial charge in [0.15, 0.2) is 0 Å². The van der Waals surface area contributed by atoms with Crippen molar-refractivity contribution < 1.29 is 9.53 Å². The molecule has 2 rings (SSSR count). The molecule has 22 heavy (non-hydrogen) atoms. The van der Waals surface area contributed by atoms with E-state index in [1.165, 1.54) is 5.56 Å². The summed E-state index contributed by atoms with van der Waals surface area (Å²) >= 11 is 0. The number of urea groups is 1. The Balaban J connectivity index is 1.67. The first-order valence-corrected chi connectivity index (χ1v) is 7.23. The molecule has 2 amide bonds. The summed E-state index contributed by atoms with van der Waals surface area (Å²) in [5, 5.41) is 2.82. The number of aromatic nitrogens is 1. The van der Waals surface area contributed by atoms with Crippen LogP contribution in [0, 0.1) is 6.92 Å². The first-order chi connectivity index (χ1) is 10.6. The predicted molar refractivity (Wildman–Crippen MR) is 85.8 cm³/mol. The minimum atomic E-state index is -0.141. The van der Waals surface area contributed by atoms with Gasteiger partial charge in [-0.05, 0) is 31.2 Å². The minimum Gasteiger partial charge on any atom is -0.492 e. The van der Waals surface area contributed by atoms with Gasteiger partial charge in [0.25, 0.3) is 0 Å². The summed E-state index contributed by atoms with van der Waals surface area (Å²) in [4.78, 5) is 17.7. The smallest absolute Gasteiger partial charge is 0.317 e. The van der Waals surface area contributed by atoms with E-state index in [4.69, 9.17) is 4.74 Å². The Hall–Kier alpha value is -2.56. The van der Waals surface area contributed by atoms with Gasteiger partial charge in [0.1, 0.15) is 12.4 Å². The second-order valence-corrected chi connectivity index (χ2v) is 5.07. The lowest BCUT2D eigenvalue weighted by atomic mass is 10.2. The SMILES string of the molecule is Cc1ccc(OCCNC(=O)N(C)Cc2ccccn2)cc1. The molecule has 0 radical (unpaired) electrons. The first kappa shape index (κ1) is 15.8. The maximum atomic E-state index is 11.9. The monoisotopic (exact) mass is 299 g/mol. The van der Waals surface area contributed by atoms with Gasteiger partial charge >= 0.3 is 6.03 Å². The molecule has 0 spiro atoms. The van der Waals surface area contributed by atoms with Gasteiger partial charge in [-0.1, -0.05) is 23.8 Å². The molecule has 0 aliphatic rings. The fraction of sp³-hybridized carbons (Fsp3) is 0.294. The number of aryl methyl sites for hydroxylation is 1. The summed E-state index contributed by atoms with van der Waals surface area (Å²) in [6.45, 7) is 3.40. The van der Waals surface area contributed by atoms with Crippen LogP contribution in [0.25, 0.3) is 0 Å². The Labute approximate surface area is 130 Å². The fourth-order valence-electron chi connectivity index (χ4n) is 1.90. The molecular weight excluding hydrogens is 278 g/mol. The molecule has 1 heterocycles. The van der Waals surface area contributed by atoms with Crippen molar-refractivity contribution in [3.63, 3.8) is 0 Å². The van der Waals surface area contributed by atoms with E-state index in [9.17, 15) is 4.79 Å². The van der Waals surface area contributed by atoms with Crippen LogP contribution in [0.5, 0.6) is 5.75 Å². The predicted octanol–water partition coefficient (Wildman–Crippen LogP) is 2.61. The lowest BCUT2D eigenvalue weighted by Crippen LogP contribution is -2.38. The van der Waals surface area contributed by atoms with Crippen LogP contribution in [0.4, 0.5) is 4.79 Å². The lowest BCUT2D eigenvalue weighted by Gasteiger charge is -2.17. The zero-order chi connectivity index (χ0) is 15.8. The quantitative estimate of drug-likeness (QED) is 0.834. The van der Waals surface area contributed by atoms with E-state index in [1.54, 1.807) is 18.1 Å². The van der Waals surface area contributed by atoms with Crippen molar-refractivity contribution in [3.05, 3.63) is 59.9 Å². The van der Waals surface area contributed by atoms with Crippen LogP contribution in [0.3, 0.4) is 0 Å². The van der Waals surface area contributed by atoms with E-state index < -0.39 is 0 Å². The molecular formula is C17H21N3O2.